The second-order valence-electron chi connectivity index (χ2n) is 5.65. The first-order valence-electron chi connectivity index (χ1n) is 7.76. The van der Waals surface area contributed by atoms with Gasteiger partial charge in [0.1, 0.15) is 10.1 Å². The number of carbonyl (C=O) groups is 2. The molecule has 0 unspecified atom stereocenters. The van der Waals surface area contributed by atoms with Gasteiger partial charge in [0.2, 0.25) is 0 Å². The predicted molar refractivity (Wildman–Crippen MR) is 102 cm³/mol. The standard InChI is InChI=1S/C19H15NO4S2/c21-14-8-4-5-12(9-14)10-16-18(24)20(19(25)26-16)15(11-17(22)23)13-6-2-1-3-7-13/h1-10,15,21H,11H2,(H,22,23)/p-1/b16-10-/t15-/m0/s1. The van der Waals surface area contributed by atoms with Crippen LogP contribution in [-0.4, -0.2) is 26.2 Å². The highest BCUT2D eigenvalue weighted by atomic mass is 32.2. The summed E-state index contributed by atoms with van der Waals surface area (Å²) in [6.07, 6.45) is 1.27. The summed E-state index contributed by atoms with van der Waals surface area (Å²) < 4.78 is 0.288. The summed E-state index contributed by atoms with van der Waals surface area (Å²) in [5, 5.41) is 20.8. The minimum Gasteiger partial charge on any atom is -0.550 e. The molecule has 3 rings (SSSR count). The number of rotatable bonds is 5. The smallest absolute Gasteiger partial charge is 0.266 e. The molecule has 26 heavy (non-hydrogen) atoms. The molecule has 0 saturated carbocycles. The lowest BCUT2D eigenvalue weighted by Crippen LogP contribution is -2.37. The fourth-order valence-electron chi connectivity index (χ4n) is 2.71. The summed E-state index contributed by atoms with van der Waals surface area (Å²) >= 11 is 6.44. The summed E-state index contributed by atoms with van der Waals surface area (Å²) in [5.41, 5.74) is 1.33. The van der Waals surface area contributed by atoms with Crippen LogP contribution in [0.4, 0.5) is 0 Å². The van der Waals surface area contributed by atoms with E-state index in [1.807, 2.05) is 6.07 Å². The summed E-state index contributed by atoms with van der Waals surface area (Å²) in [7, 11) is 0. The lowest BCUT2D eigenvalue weighted by Gasteiger charge is -2.27. The normalized spacial score (nSPS) is 16.9. The summed E-state index contributed by atoms with van der Waals surface area (Å²) in [5.74, 6) is -1.53. The topological polar surface area (TPSA) is 80.7 Å². The Balaban J connectivity index is 1.95. The third-order valence-corrected chi connectivity index (χ3v) is 5.18. The Morgan fingerprint density at radius 1 is 1.23 bits per heavy atom. The summed E-state index contributed by atoms with van der Waals surface area (Å²) in [4.78, 5) is 25.8. The number of carboxylic acid groups (broad SMARTS) is 1. The molecule has 1 aliphatic heterocycles. The van der Waals surface area contributed by atoms with Crippen molar-refractivity contribution in [3.05, 3.63) is 70.6 Å². The van der Waals surface area contributed by atoms with Gasteiger partial charge in [-0.25, -0.2) is 0 Å². The fraction of sp³-hybridized carbons (Fsp3) is 0.105. The molecule has 0 spiro atoms. The Labute approximate surface area is 160 Å². The SMILES string of the molecule is O=C([O-])C[C@@H](c1ccccc1)N1C(=O)/C(=C/c2cccc(O)c2)SC1=S. The molecule has 2 aromatic carbocycles. The highest BCUT2D eigenvalue weighted by Gasteiger charge is 2.37. The van der Waals surface area contributed by atoms with Gasteiger partial charge in [-0.1, -0.05) is 66.4 Å². The number of carboxylic acids is 1. The van der Waals surface area contributed by atoms with Crippen LogP contribution >= 0.6 is 24.0 Å². The molecule has 5 nitrogen and oxygen atoms in total. The molecule has 1 fully saturated rings. The zero-order chi connectivity index (χ0) is 18.7. The molecule has 0 aromatic heterocycles. The monoisotopic (exact) mass is 384 g/mol. The predicted octanol–water partition coefficient (Wildman–Crippen LogP) is 2.47. The molecule has 1 N–H and O–H groups in total. The van der Waals surface area contributed by atoms with Crippen LogP contribution in [0.3, 0.4) is 0 Å². The lowest BCUT2D eigenvalue weighted by atomic mass is 10.0. The van der Waals surface area contributed by atoms with E-state index in [0.717, 1.165) is 11.8 Å². The van der Waals surface area contributed by atoms with Crippen LogP contribution < -0.4 is 5.11 Å². The number of thioether (sulfide) groups is 1. The Kier molecular flexibility index (Phi) is 5.39. The molecule has 132 valence electrons. The molecule has 1 amide bonds. The van der Waals surface area contributed by atoms with Crippen molar-refractivity contribution in [1.82, 2.24) is 4.90 Å². The molecular weight excluding hydrogens is 370 g/mol. The van der Waals surface area contributed by atoms with Crippen molar-refractivity contribution in [2.75, 3.05) is 0 Å². The average Bonchev–Trinajstić information content (AvgIpc) is 2.87. The number of amides is 1. The second-order valence-corrected chi connectivity index (χ2v) is 7.33. The molecule has 0 bridgehead atoms. The molecule has 0 radical (unpaired) electrons. The molecule has 1 heterocycles. The van der Waals surface area contributed by atoms with Gasteiger partial charge in [0.15, 0.2) is 0 Å². The number of hydrogen-bond acceptors (Lipinski definition) is 6. The molecule has 7 heteroatoms. The van der Waals surface area contributed by atoms with Crippen LogP contribution in [0.2, 0.25) is 0 Å². The van der Waals surface area contributed by atoms with Gasteiger partial charge in [-0.15, -0.1) is 0 Å². The number of benzene rings is 2. The number of nitrogens with zero attached hydrogens (tertiary/aromatic N) is 1. The maximum atomic E-state index is 12.9. The molecule has 0 aliphatic carbocycles. The van der Waals surface area contributed by atoms with Crippen molar-refractivity contribution in [3.63, 3.8) is 0 Å². The van der Waals surface area contributed by atoms with E-state index in [1.54, 1.807) is 42.5 Å². The van der Waals surface area contributed by atoms with Gasteiger partial charge < -0.3 is 15.0 Å². The van der Waals surface area contributed by atoms with Crippen molar-refractivity contribution < 1.29 is 19.8 Å². The molecule has 2 aromatic rings. The van der Waals surface area contributed by atoms with Gasteiger partial charge in [-0.2, -0.15) is 0 Å². The second kappa shape index (κ2) is 7.72. The maximum absolute atomic E-state index is 12.9. The van der Waals surface area contributed by atoms with Gasteiger partial charge in [0, 0.05) is 12.4 Å². The molecule has 1 atom stereocenters. The first-order chi connectivity index (χ1) is 12.5. The number of carbonyl (C=O) groups excluding carboxylic acids is 2. The average molecular weight is 384 g/mol. The number of thiocarbonyl (C=S) groups is 1. The highest BCUT2D eigenvalue weighted by Crippen LogP contribution is 2.39. The van der Waals surface area contributed by atoms with Crippen molar-refractivity contribution in [1.29, 1.82) is 0 Å². The van der Waals surface area contributed by atoms with Gasteiger partial charge in [0.05, 0.1) is 10.9 Å². The molecule has 1 aliphatic rings. The lowest BCUT2D eigenvalue weighted by molar-refractivity contribution is -0.306. The third-order valence-electron chi connectivity index (χ3n) is 3.85. The van der Waals surface area contributed by atoms with Gasteiger partial charge in [0.25, 0.3) is 5.91 Å². The van der Waals surface area contributed by atoms with E-state index in [0.29, 0.717) is 16.0 Å². The van der Waals surface area contributed by atoms with E-state index < -0.39 is 12.0 Å². The van der Waals surface area contributed by atoms with Crippen molar-refractivity contribution in [2.45, 2.75) is 12.5 Å². The van der Waals surface area contributed by atoms with E-state index >= 15 is 0 Å². The Hall–Kier alpha value is -2.64. The number of hydrogen-bond donors (Lipinski definition) is 1. The fourth-order valence-corrected chi connectivity index (χ4v) is 4.06. The van der Waals surface area contributed by atoms with Crippen LogP contribution in [0.5, 0.6) is 5.75 Å². The third kappa shape index (κ3) is 3.95. The zero-order valence-corrected chi connectivity index (χ0v) is 15.1. The Morgan fingerprint density at radius 2 is 1.96 bits per heavy atom. The van der Waals surface area contributed by atoms with Crippen LogP contribution in [0.15, 0.2) is 59.5 Å². The quantitative estimate of drug-likeness (QED) is 0.630. The Morgan fingerprint density at radius 3 is 2.62 bits per heavy atom. The summed E-state index contributed by atoms with van der Waals surface area (Å²) in [6.45, 7) is 0. The van der Waals surface area contributed by atoms with Gasteiger partial charge in [-0.05, 0) is 29.3 Å². The first kappa shape index (κ1) is 18.2. The van der Waals surface area contributed by atoms with Crippen molar-refractivity contribution in [2.24, 2.45) is 0 Å². The minimum atomic E-state index is -1.26. The number of aromatic hydroxyl groups is 1. The molecular formula is C19H14NO4S2-. The van der Waals surface area contributed by atoms with Crippen LogP contribution in [0, 0.1) is 0 Å². The van der Waals surface area contributed by atoms with E-state index in [4.69, 9.17) is 12.2 Å². The van der Waals surface area contributed by atoms with Gasteiger partial charge >= 0.3 is 0 Å². The Bertz CT molecular complexity index is 895. The zero-order valence-electron chi connectivity index (χ0n) is 13.5. The van der Waals surface area contributed by atoms with Crippen LogP contribution in [0.25, 0.3) is 6.08 Å². The highest BCUT2D eigenvalue weighted by molar-refractivity contribution is 8.26. The van der Waals surface area contributed by atoms with Crippen molar-refractivity contribution in [3.8, 4) is 5.75 Å². The van der Waals surface area contributed by atoms with E-state index in [9.17, 15) is 19.8 Å². The van der Waals surface area contributed by atoms with Crippen LogP contribution in [-0.2, 0) is 9.59 Å². The largest absolute Gasteiger partial charge is 0.550 e. The number of phenolic OH excluding ortho intramolecular Hbond substituents is 1. The first-order valence-corrected chi connectivity index (χ1v) is 8.99. The number of aliphatic carboxylic acids is 1. The van der Waals surface area contributed by atoms with E-state index in [1.165, 1.54) is 17.0 Å². The van der Waals surface area contributed by atoms with E-state index in [2.05, 4.69) is 0 Å². The van der Waals surface area contributed by atoms with Crippen molar-refractivity contribution >= 4 is 46.3 Å². The number of phenols is 1. The van der Waals surface area contributed by atoms with Gasteiger partial charge in [-0.3, -0.25) is 9.69 Å². The molecule has 1 saturated heterocycles. The maximum Gasteiger partial charge on any atom is 0.266 e. The minimum absolute atomic E-state index is 0.0911. The summed E-state index contributed by atoms with van der Waals surface area (Å²) in [6, 6.07) is 14.6. The van der Waals surface area contributed by atoms with Crippen LogP contribution in [0.1, 0.15) is 23.6 Å². The van der Waals surface area contributed by atoms with E-state index in [-0.39, 0.29) is 22.4 Å².